The Morgan fingerprint density at radius 3 is 2.08 bits per heavy atom. The van der Waals surface area contributed by atoms with Crippen LogP contribution in [0.15, 0.2) is 36.9 Å². The SMILES string of the molecule is [2H]C([2H])([2H])CN1C=CN(c2cc(C)cc(N3C=CN(C([2H])([2H])C([2H])([2H])[2H])[C@@H]3C)c2C)[C@@H]1C. The molecule has 1 aromatic rings. The molecular weight excluding hydrogens is 296 g/mol. The number of hydrogen-bond donors (Lipinski definition) is 0. The zero-order valence-electron chi connectivity index (χ0n) is 22.6. The summed E-state index contributed by atoms with van der Waals surface area (Å²) >= 11 is 0. The maximum absolute atomic E-state index is 8.14. The highest BCUT2D eigenvalue weighted by molar-refractivity contribution is 5.72. The molecule has 0 saturated heterocycles. The van der Waals surface area contributed by atoms with E-state index in [1.807, 2.05) is 48.9 Å². The summed E-state index contributed by atoms with van der Waals surface area (Å²) in [6.07, 6.45) is 6.10. The molecule has 0 N–H and O–H groups in total. The second-order valence-corrected chi connectivity index (χ2v) is 6.29. The van der Waals surface area contributed by atoms with Crippen molar-refractivity contribution in [2.24, 2.45) is 0 Å². The van der Waals surface area contributed by atoms with Gasteiger partial charge in [0.15, 0.2) is 0 Å². The molecule has 0 aromatic heterocycles. The predicted molar refractivity (Wildman–Crippen MR) is 103 cm³/mol. The second-order valence-electron chi connectivity index (χ2n) is 6.29. The van der Waals surface area contributed by atoms with Crippen LogP contribution in [-0.2, 0) is 0 Å². The highest BCUT2D eigenvalue weighted by atomic mass is 15.4. The average molecular weight is 335 g/mol. The smallest absolute Gasteiger partial charge is 0.102 e. The molecule has 0 aliphatic carbocycles. The number of benzene rings is 1. The molecule has 4 heteroatoms. The maximum atomic E-state index is 8.14. The molecule has 0 spiro atoms. The number of aryl methyl sites for hydroxylation is 1. The Labute approximate surface area is 157 Å². The van der Waals surface area contributed by atoms with Crippen LogP contribution in [0.2, 0.25) is 0 Å². The predicted octanol–water partition coefficient (Wildman–Crippen LogP) is 4.22. The monoisotopic (exact) mass is 334 g/mol. The van der Waals surface area contributed by atoms with Gasteiger partial charge in [0.25, 0.3) is 0 Å². The molecule has 0 saturated carbocycles. The zero-order chi connectivity index (χ0) is 24.2. The molecule has 130 valence electrons. The van der Waals surface area contributed by atoms with Gasteiger partial charge >= 0.3 is 0 Å². The van der Waals surface area contributed by atoms with Crippen LogP contribution >= 0.6 is 0 Å². The van der Waals surface area contributed by atoms with E-state index in [4.69, 9.17) is 11.0 Å². The van der Waals surface area contributed by atoms with Gasteiger partial charge in [-0.1, -0.05) is 0 Å². The van der Waals surface area contributed by atoms with Gasteiger partial charge in [-0.3, -0.25) is 0 Å². The zero-order valence-corrected chi connectivity index (χ0v) is 14.6. The van der Waals surface area contributed by atoms with Crippen molar-refractivity contribution in [3.8, 4) is 0 Å². The lowest BCUT2D eigenvalue weighted by atomic mass is 10.1. The first-order valence-electron chi connectivity index (χ1n) is 12.1. The van der Waals surface area contributed by atoms with Crippen molar-refractivity contribution in [3.05, 3.63) is 48.1 Å². The van der Waals surface area contributed by atoms with Crippen LogP contribution in [0.1, 0.15) is 49.6 Å². The molecule has 0 bridgehead atoms. The van der Waals surface area contributed by atoms with E-state index >= 15 is 0 Å². The van der Waals surface area contributed by atoms with Gasteiger partial charge in [-0.25, -0.2) is 0 Å². The molecule has 0 unspecified atom stereocenters. The Kier molecular flexibility index (Phi) is 2.52. The lowest BCUT2D eigenvalue weighted by Gasteiger charge is -2.34. The van der Waals surface area contributed by atoms with Crippen LogP contribution in [-0.4, -0.2) is 35.2 Å². The highest BCUT2D eigenvalue weighted by Crippen LogP contribution is 2.37. The van der Waals surface area contributed by atoms with Crippen molar-refractivity contribution in [1.29, 1.82) is 0 Å². The van der Waals surface area contributed by atoms with Crippen LogP contribution in [0, 0.1) is 13.8 Å². The fourth-order valence-corrected chi connectivity index (χ4v) is 3.33. The largest absolute Gasteiger partial charge is 0.356 e. The summed E-state index contributed by atoms with van der Waals surface area (Å²) in [6.45, 7) is 0.197. The summed E-state index contributed by atoms with van der Waals surface area (Å²) in [5.74, 6) is 0. The fourth-order valence-electron chi connectivity index (χ4n) is 3.33. The lowest BCUT2D eigenvalue weighted by Crippen LogP contribution is -2.37. The Morgan fingerprint density at radius 2 is 1.50 bits per heavy atom. The molecule has 1 aromatic carbocycles. The third kappa shape index (κ3) is 2.64. The average Bonchev–Trinajstić information content (AvgIpc) is 3.18. The molecule has 2 aliphatic heterocycles. The van der Waals surface area contributed by atoms with E-state index in [-0.39, 0.29) is 12.7 Å². The molecule has 2 heterocycles. The van der Waals surface area contributed by atoms with Crippen LogP contribution in [0.3, 0.4) is 0 Å². The lowest BCUT2D eigenvalue weighted by molar-refractivity contribution is 0.333. The molecule has 4 nitrogen and oxygen atoms in total. The van der Waals surface area contributed by atoms with Crippen molar-refractivity contribution in [3.63, 3.8) is 0 Å². The van der Waals surface area contributed by atoms with Gasteiger partial charge in [0, 0.05) is 60.2 Å². The molecule has 2 atom stereocenters. The minimum Gasteiger partial charge on any atom is -0.356 e. The third-order valence-corrected chi connectivity index (χ3v) is 4.86. The van der Waals surface area contributed by atoms with Gasteiger partial charge in [0.1, 0.15) is 12.3 Å². The Morgan fingerprint density at radius 1 is 0.917 bits per heavy atom. The fraction of sp³-hybridized carbons (Fsp3) is 0.500. The number of rotatable bonds is 4. The third-order valence-electron chi connectivity index (χ3n) is 4.86. The number of hydrogen-bond acceptors (Lipinski definition) is 4. The van der Waals surface area contributed by atoms with Crippen molar-refractivity contribution >= 4 is 11.4 Å². The highest BCUT2D eigenvalue weighted by Gasteiger charge is 2.27. The van der Waals surface area contributed by atoms with Crippen LogP contribution < -0.4 is 9.80 Å². The summed E-state index contributed by atoms with van der Waals surface area (Å²) < 4.78 is 61.7. The van der Waals surface area contributed by atoms with Gasteiger partial charge in [-0.05, 0) is 64.7 Å². The minimum absolute atomic E-state index is 0.0516. The Balaban J connectivity index is 1.92. The summed E-state index contributed by atoms with van der Waals surface area (Å²) in [7, 11) is 0. The van der Waals surface area contributed by atoms with Crippen molar-refractivity contribution in [2.75, 3.05) is 22.8 Å². The summed E-state index contributed by atoms with van der Waals surface area (Å²) in [6, 6.07) is 4.02. The summed E-state index contributed by atoms with van der Waals surface area (Å²) in [5, 5.41) is 0. The summed E-state index contributed by atoms with van der Waals surface area (Å²) in [5.41, 5.74) is 3.65. The molecular formula is C20H30N4. The number of nitrogens with zero attached hydrogens (tertiary/aromatic N) is 4. The van der Waals surface area contributed by atoms with E-state index in [2.05, 4.69) is 0 Å². The first-order chi connectivity index (χ1) is 14.5. The first-order valence-corrected chi connectivity index (χ1v) is 8.13. The van der Waals surface area contributed by atoms with Crippen molar-refractivity contribution < 1.29 is 11.0 Å². The number of anilines is 2. The standard InChI is InChI=1S/C20H30N4/c1-7-21-9-11-23(17(21)5)19-13-15(3)14-20(16(19)4)24-12-10-22(8-2)18(24)6/h9-14,17-18H,7-8H2,1-6H3/t17-,18+/i1D3,2D3,7D2/m0/s1. The van der Waals surface area contributed by atoms with Crippen molar-refractivity contribution in [1.82, 2.24) is 9.80 Å². The van der Waals surface area contributed by atoms with Crippen LogP contribution in [0.25, 0.3) is 0 Å². The van der Waals surface area contributed by atoms with E-state index in [0.29, 0.717) is 0 Å². The normalized spacial score (nSPS) is 29.7. The van der Waals surface area contributed by atoms with Crippen LogP contribution in [0.4, 0.5) is 11.4 Å². The van der Waals surface area contributed by atoms with E-state index in [1.54, 1.807) is 24.2 Å². The molecule has 0 amide bonds. The molecule has 0 fully saturated rings. The second kappa shape index (κ2) is 6.42. The van der Waals surface area contributed by atoms with Gasteiger partial charge in [-0.15, -0.1) is 0 Å². The van der Waals surface area contributed by atoms with Gasteiger partial charge in [0.2, 0.25) is 0 Å². The van der Waals surface area contributed by atoms with E-state index in [9.17, 15) is 0 Å². The molecule has 3 rings (SSSR count). The van der Waals surface area contributed by atoms with E-state index in [1.165, 1.54) is 11.1 Å². The molecule has 0 radical (unpaired) electrons. The van der Waals surface area contributed by atoms with Gasteiger partial charge in [0.05, 0.1) is 0 Å². The van der Waals surface area contributed by atoms with E-state index < -0.39 is 26.4 Å². The van der Waals surface area contributed by atoms with Gasteiger partial charge in [-0.2, -0.15) is 0 Å². The van der Waals surface area contributed by atoms with E-state index in [0.717, 1.165) is 22.5 Å². The van der Waals surface area contributed by atoms with Crippen LogP contribution in [0.5, 0.6) is 0 Å². The van der Waals surface area contributed by atoms with Gasteiger partial charge < -0.3 is 19.6 Å². The molecule has 2 aliphatic rings. The Hall–Kier alpha value is -2.10. The Bertz CT molecular complexity index is 921. The topological polar surface area (TPSA) is 13.0 Å². The maximum Gasteiger partial charge on any atom is 0.102 e. The van der Waals surface area contributed by atoms with Crippen molar-refractivity contribution in [2.45, 2.75) is 53.7 Å². The first kappa shape index (κ1) is 9.40. The minimum atomic E-state index is -2.80. The summed E-state index contributed by atoms with van der Waals surface area (Å²) in [4.78, 5) is 6.87. The quantitative estimate of drug-likeness (QED) is 0.817. The molecule has 24 heavy (non-hydrogen) atoms.